The summed E-state index contributed by atoms with van der Waals surface area (Å²) in [6, 6.07) is 2.99. The molecule has 0 aliphatic carbocycles. The van der Waals surface area contributed by atoms with E-state index in [1.165, 1.54) is 12.1 Å². The normalized spacial score (nSPS) is 9.29. The number of hydrogen-bond acceptors (Lipinski definition) is 4. The third-order valence-electron chi connectivity index (χ3n) is 1.54. The Kier molecular flexibility index (Phi) is 3.11. The zero-order valence-corrected chi connectivity index (χ0v) is 8.74. The highest BCUT2D eigenvalue weighted by Crippen LogP contribution is 2.35. The highest BCUT2D eigenvalue weighted by atomic mass is 79.9. The van der Waals surface area contributed by atoms with Gasteiger partial charge in [0.25, 0.3) is 5.69 Å². The van der Waals surface area contributed by atoms with Gasteiger partial charge in [-0.3, -0.25) is 10.1 Å². The molecule has 0 aliphatic heterocycles. The first-order valence-electron chi connectivity index (χ1n) is 3.58. The molecule has 6 heteroatoms. The van der Waals surface area contributed by atoms with Crippen LogP contribution in [0.5, 0.6) is 0 Å². The number of carbonyl (C=O) groups excluding carboxylic acids is 1. The average molecular weight is 257 g/mol. The summed E-state index contributed by atoms with van der Waals surface area (Å²) in [5.74, 6) is 0. The molecule has 0 bridgehead atoms. The molecule has 0 saturated heterocycles. The maximum Gasteiger partial charge on any atom is 0.297 e. The summed E-state index contributed by atoms with van der Waals surface area (Å²) in [6.07, 6.45) is 1.28. The second-order valence-corrected chi connectivity index (χ2v) is 3.43. The van der Waals surface area contributed by atoms with Gasteiger partial charge in [-0.15, -0.1) is 0 Å². The van der Waals surface area contributed by atoms with Crippen LogP contribution >= 0.6 is 15.9 Å². The van der Waals surface area contributed by atoms with E-state index in [2.05, 4.69) is 20.9 Å². The lowest BCUT2D eigenvalue weighted by molar-refractivity contribution is -0.384. The summed E-state index contributed by atoms with van der Waals surface area (Å²) in [5.41, 5.74) is 0.504. The van der Waals surface area contributed by atoms with Crippen LogP contribution in [0.15, 0.2) is 21.6 Å². The molecule has 0 N–H and O–H groups in total. The molecular formula is C8H5BrN2O3. The third kappa shape index (κ3) is 2.04. The summed E-state index contributed by atoms with van der Waals surface area (Å²) in [4.78, 5) is 23.3. The largest absolute Gasteiger partial charge is 0.297 e. The number of benzene rings is 1. The molecule has 0 unspecified atom stereocenters. The molecule has 0 spiro atoms. The molecule has 0 aliphatic rings. The van der Waals surface area contributed by atoms with Crippen LogP contribution < -0.4 is 0 Å². The first-order valence-corrected chi connectivity index (χ1v) is 4.38. The second kappa shape index (κ2) is 4.13. The van der Waals surface area contributed by atoms with Gasteiger partial charge in [0.15, 0.2) is 5.69 Å². The number of aliphatic imine (C=N–C) groups is 1. The van der Waals surface area contributed by atoms with E-state index in [1.54, 1.807) is 13.0 Å². The lowest BCUT2D eigenvalue weighted by atomic mass is 10.2. The first kappa shape index (κ1) is 10.6. The Morgan fingerprint density at radius 1 is 1.57 bits per heavy atom. The van der Waals surface area contributed by atoms with E-state index in [0.717, 1.165) is 0 Å². The van der Waals surface area contributed by atoms with Crippen molar-refractivity contribution < 1.29 is 9.72 Å². The molecular weight excluding hydrogens is 252 g/mol. The number of nitro benzene ring substituents is 1. The molecule has 0 radical (unpaired) electrons. The van der Waals surface area contributed by atoms with Gasteiger partial charge in [0.2, 0.25) is 6.08 Å². The molecule has 72 valence electrons. The molecule has 0 amide bonds. The zero-order valence-electron chi connectivity index (χ0n) is 7.15. The van der Waals surface area contributed by atoms with Crippen LogP contribution in [0.2, 0.25) is 0 Å². The smallest absolute Gasteiger partial charge is 0.258 e. The number of nitro groups is 1. The van der Waals surface area contributed by atoms with Crippen LogP contribution in [0.4, 0.5) is 11.4 Å². The number of hydrogen-bond donors (Lipinski definition) is 0. The molecule has 0 heterocycles. The van der Waals surface area contributed by atoms with Crippen molar-refractivity contribution in [1.29, 1.82) is 0 Å². The van der Waals surface area contributed by atoms with Gasteiger partial charge in [-0.2, -0.15) is 4.99 Å². The Morgan fingerprint density at radius 2 is 2.21 bits per heavy atom. The van der Waals surface area contributed by atoms with Crippen molar-refractivity contribution in [3.8, 4) is 0 Å². The van der Waals surface area contributed by atoms with Gasteiger partial charge < -0.3 is 0 Å². The fraction of sp³-hybridized carbons (Fsp3) is 0.125. The van der Waals surface area contributed by atoms with Crippen LogP contribution in [0.25, 0.3) is 0 Å². The minimum absolute atomic E-state index is 0.00407. The fourth-order valence-corrected chi connectivity index (χ4v) is 1.66. The standard InChI is InChI=1S/C8H5BrN2O3/c1-5-2-6(9)8(10-4-12)7(3-5)11(13)14/h2-3H,1H3. The Morgan fingerprint density at radius 3 is 2.71 bits per heavy atom. The highest BCUT2D eigenvalue weighted by Gasteiger charge is 2.17. The van der Waals surface area contributed by atoms with Crippen molar-refractivity contribution >= 4 is 33.4 Å². The predicted octanol–water partition coefficient (Wildman–Crippen LogP) is 2.63. The van der Waals surface area contributed by atoms with Gasteiger partial charge in [-0.05, 0) is 34.5 Å². The van der Waals surface area contributed by atoms with E-state index in [1.807, 2.05) is 0 Å². The van der Waals surface area contributed by atoms with Gasteiger partial charge in [0, 0.05) is 6.07 Å². The van der Waals surface area contributed by atoms with Crippen LogP contribution in [0.1, 0.15) is 5.56 Å². The maximum absolute atomic E-state index is 10.6. The van der Waals surface area contributed by atoms with Crippen molar-refractivity contribution in [3.63, 3.8) is 0 Å². The van der Waals surface area contributed by atoms with Crippen LogP contribution in [0.3, 0.4) is 0 Å². The van der Waals surface area contributed by atoms with Crippen LogP contribution in [-0.4, -0.2) is 11.0 Å². The molecule has 0 atom stereocenters. The molecule has 14 heavy (non-hydrogen) atoms. The van der Waals surface area contributed by atoms with E-state index < -0.39 is 4.92 Å². The number of nitrogens with zero attached hydrogens (tertiary/aromatic N) is 2. The van der Waals surface area contributed by atoms with E-state index in [0.29, 0.717) is 10.0 Å². The Bertz CT molecular complexity index is 438. The molecule has 1 rings (SSSR count). The van der Waals surface area contributed by atoms with Gasteiger partial charge in [0.05, 0.1) is 9.40 Å². The van der Waals surface area contributed by atoms with Crippen molar-refractivity contribution in [1.82, 2.24) is 0 Å². The highest BCUT2D eigenvalue weighted by molar-refractivity contribution is 9.10. The second-order valence-electron chi connectivity index (χ2n) is 2.57. The fourth-order valence-electron chi connectivity index (χ4n) is 1.01. The van der Waals surface area contributed by atoms with Gasteiger partial charge in [-0.1, -0.05) is 0 Å². The molecule has 0 aromatic heterocycles. The number of halogens is 1. The van der Waals surface area contributed by atoms with E-state index in [-0.39, 0.29) is 11.4 Å². The van der Waals surface area contributed by atoms with Gasteiger partial charge >= 0.3 is 0 Å². The third-order valence-corrected chi connectivity index (χ3v) is 2.15. The Labute approximate surface area is 87.7 Å². The maximum atomic E-state index is 10.6. The quantitative estimate of drug-likeness (QED) is 0.354. The number of isocyanates is 1. The lowest BCUT2D eigenvalue weighted by Crippen LogP contribution is -1.90. The topological polar surface area (TPSA) is 72.6 Å². The Balaban J connectivity index is 3.51. The lowest BCUT2D eigenvalue weighted by Gasteiger charge is -2.00. The van der Waals surface area contributed by atoms with Crippen molar-refractivity contribution in [3.05, 3.63) is 32.3 Å². The van der Waals surface area contributed by atoms with E-state index >= 15 is 0 Å². The summed E-state index contributed by atoms with van der Waals surface area (Å²) in [5, 5.41) is 10.6. The average Bonchev–Trinajstić information content (AvgIpc) is 2.09. The number of aryl methyl sites for hydroxylation is 1. The minimum atomic E-state index is -0.589. The van der Waals surface area contributed by atoms with Crippen LogP contribution in [-0.2, 0) is 4.79 Å². The molecule has 0 saturated carbocycles. The Hall–Kier alpha value is -1.52. The monoisotopic (exact) mass is 256 g/mol. The summed E-state index contributed by atoms with van der Waals surface area (Å²) in [6.45, 7) is 1.71. The SMILES string of the molecule is Cc1cc(Br)c(N=C=O)c([N+](=O)[O-])c1. The molecule has 0 fully saturated rings. The molecule has 5 nitrogen and oxygen atoms in total. The zero-order chi connectivity index (χ0) is 10.7. The van der Waals surface area contributed by atoms with Crippen molar-refractivity contribution in [2.45, 2.75) is 6.92 Å². The van der Waals surface area contributed by atoms with Crippen LogP contribution in [0, 0.1) is 17.0 Å². The van der Waals surface area contributed by atoms with E-state index in [4.69, 9.17) is 0 Å². The van der Waals surface area contributed by atoms with Gasteiger partial charge in [-0.25, -0.2) is 4.79 Å². The summed E-state index contributed by atoms with van der Waals surface area (Å²) < 4.78 is 0.410. The van der Waals surface area contributed by atoms with Crippen molar-refractivity contribution in [2.75, 3.05) is 0 Å². The predicted molar refractivity (Wildman–Crippen MR) is 53.3 cm³/mol. The van der Waals surface area contributed by atoms with Gasteiger partial charge in [0.1, 0.15) is 0 Å². The first-order chi connectivity index (χ1) is 6.56. The number of rotatable bonds is 2. The molecule has 1 aromatic carbocycles. The molecule has 1 aromatic rings. The van der Waals surface area contributed by atoms with E-state index in [9.17, 15) is 14.9 Å². The summed E-state index contributed by atoms with van der Waals surface area (Å²) >= 11 is 3.09. The van der Waals surface area contributed by atoms with Crippen molar-refractivity contribution in [2.24, 2.45) is 4.99 Å². The minimum Gasteiger partial charge on any atom is -0.258 e. The summed E-state index contributed by atoms with van der Waals surface area (Å²) in [7, 11) is 0.